The quantitative estimate of drug-likeness (QED) is 0.431. The van der Waals surface area contributed by atoms with E-state index in [1.54, 1.807) is 7.11 Å². The molecule has 3 N–H and O–H groups in total. The molecule has 0 saturated carbocycles. The lowest BCUT2D eigenvalue weighted by Crippen LogP contribution is -2.43. The summed E-state index contributed by atoms with van der Waals surface area (Å²) in [7, 11) is 2.90. The normalized spacial score (nSPS) is 11.9. The number of nitrogens with one attached hydrogen (secondary N) is 2. The second-order valence-electron chi connectivity index (χ2n) is 4.01. The molecule has 0 aliphatic carbocycles. The molecule has 0 aromatic heterocycles. The van der Waals surface area contributed by atoms with Gasteiger partial charge in [0.1, 0.15) is 0 Å². The number of aliphatic carboxylic acids is 1. The Balaban J connectivity index is 3.43. The monoisotopic (exact) mass is 292 g/mol. The molecule has 20 heavy (non-hydrogen) atoms. The zero-order chi connectivity index (χ0) is 15.2. The van der Waals surface area contributed by atoms with Gasteiger partial charge in [-0.05, 0) is 12.8 Å². The number of urea groups is 1. The Morgan fingerprint density at radius 2 is 1.85 bits per heavy atom. The first kappa shape index (κ1) is 18.6. The topological polar surface area (TPSA) is 106 Å². The van der Waals surface area contributed by atoms with E-state index in [4.69, 9.17) is 14.6 Å². The molecule has 1 atom stereocenters. The van der Waals surface area contributed by atoms with E-state index in [-0.39, 0.29) is 6.54 Å². The SMILES string of the molecule is COCCOCCCCNC(=O)NCC(OC)C(=O)O. The van der Waals surface area contributed by atoms with Crippen LogP contribution in [0.4, 0.5) is 4.79 Å². The van der Waals surface area contributed by atoms with Crippen LogP contribution in [0.3, 0.4) is 0 Å². The average Bonchev–Trinajstić information content (AvgIpc) is 2.42. The number of methoxy groups -OCH3 is 2. The van der Waals surface area contributed by atoms with Gasteiger partial charge in [-0.2, -0.15) is 0 Å². The Morgan fingerprint density at radius 1 is 1.10 bits per heavy atom. The molecule has 0 aromatic carbocycles. The summed E-state index contributed by atoms with van der Waals surface area (Å²) in [5.41, 5.74) is 0. The third-order valence-electron chi connectivity index (χ3n) is 2.44. The van der Waals surface area contributed by atoms with Gasteiger partial charge in [0.15, 0.2) is 6.10 Å². The van der Waals surface area contributed by atoms with Gasteiger partial charge in [0.25, 0.3) is 0 Å². The van der Waals surface area contributed by atoms with Crippen LogP contribution < -0.4 is 10.6 Å². The molecule has 8 nitrogen and oxygen atoms in total. The highest BCUT2D eigenvalue weighted by Gasteiger charge is 2.16. The molecular formula is C12H24N2O6. The molecule has 0 saturated heterocycles. The summed E-state index contributed by atoms with van der Waals surface area (Å²) in [6, 6.07) is -0.409. The fourth-order valence-corrected chi connectivity index (χ4v) is 1.29. The fraction of sp³-hybridized carbons (Fsp3) is 0.833. The van der Waals surface area contributed by atoms with Gasteiger partial charge in [-0.15, -0.1) is 0 Å². The summed E-state index contributed by atoms with van der Waals surface area (Å²) in [4.78, 5) is 22.0. The van der Waals surface area contributed by atoms with Crippen molar-refractivity contribution in [1.82, 2.24) is 10.6 Å². The molecule has 0 rings (SSSR count). The minimum atomic E-state index is -1.11. The fourth-order valence-electron chi connectivity index (χ4n) is 1.29. The summed E-state index contributed by atoms with van der Waals surface area (Å²) >= 11 is 0. The lowest BCUT2D eigenvalue weighted by atomic mass is 10.3. The van der Waals surface area contributed by atoms with Crippen molar-refractivity contribution in [3.8, 4) is 0 Å². The summed E-state index contributed by atoms with van der Waals surface area (Å²) in [6.45, 7) is 2.20. The first-order valence-corrected chi connectivity index (χ1v) is 6.45. The summed E-state index contributed by atoms with van der Waals surface area (Å²) in [5.74, 6) is -1.11. The number of carbonyl (C=O) groups is 2. The predicted molar refractivity (Wildman–Crippen MR) is 71.8 cm³/mol. The van der Waals surface area contributed by atoms with Crippen molar-refractivity contribution in [3.63, 3.8) is 0 Å². The first-order chi connectivity index (χ1) is 9.61. The number of ether oxygens (including phenoxy) is 3. The largest absolute Gasteiger partial charge is 0.479 e. The lowest BCUT2D eigenvalue weighted by molar-refractivity contribution is -0.147. The molecule has 118 valence electrons. The highest BCUT2D eigenvalue weighted by molar-refractivity contribution is 5.76. The van der Waals surface area contributed by atoms with Gasteiger partial charge in [-0.25, -0.2) is 9.59 Å². The van der Waals surface area contributed by atoms with Gasteiger partial charge in [-0.3, -0.25) is 0 Å². The number of carboxylic acid groups (broad SMARTS) is 1. The highest BCUT2D eigenvalue weighted by Crippen LogP contribution is 1.90. The van der Waals surface area contributed by atoms with Crippen LogP contribution in [0.5, 0.6) is 0 Å². The van der Waals surface area contributed by atoms with Crippen LogP contribution in [0.25, 0.3) is 0 Å². The van der Waals surface area contributed by atoms with E-state index in [1.807, 2.05) is 0 Å². The molecule has 0 fully saturated rings. The Morgan fingerprint density at radius 3 is 2.45 bits per heavy atom. The van der Waals surface area contributed by atoms with Crippen LogP contribution in [0, 0.1) is 0 Å². The van der Waals surface area contributed by atoms with E-state index in [0.717, 1.165) is 12.8 Å². The maximum absolute atomic E-state index is 11.3. The Hall–Kier alpha value is -1.38. The van der Waals surface area contributed by atoms with Crippen LogP contribution in [0.1, 0.15) is 12.8 Å². The second-order valence-corrected chi connectivity index (χ2v) is 4.01. The number of unbranched alkanes of at least 4 members (excludes halogenated alkanes) is 1. The van der Waals surface area contributed by atoms with Crippen LogP contribution in [-0.2, 0) is 19.0 Å². The maximum Gasteiger partial charge on any atom is 0.334 e. The van der Waals surface area contributed by atoms with Crippen LogP contribution in [-0.4, -0.2) is 70.3 Å². The van der Waals surface area contributed by atoms with Crippen molar-refractivity contribution in [2.45, 2.75) is 18.9 Å². The average molecular weight is 292 g/mol. The van der Waals surface area contributed by atoms with E-state index in [9.17, 15) is 9.59 Å². The first-order valence-electron chi connectivity index (χ1n) is 6.45. The lowest BCUT2D eigenvalue weighted by Gasteiger charge is -2.12. The number of rotatable bonds is 12. The van der Waals surface area contributed by atoms with Gasteiger partial charge < -0.3 is 30.0 Å². The van der Waals surface area contributed by atoms with E-state index >= 15 is 0 Å². The van der Waals surface area contributed by atoms with Gasteiger partial charge in [-0.1, -0.05) is 0 Å². The third kappa shape index (κ3) is 10.5. The minimum Gasteiger partial charge on any atom is -0.479 e. The zero-order valence-corrected chi connectivity index (χ0v) is 12.0. The van der Waals surface area contributed by atoms with Gasteiger partial charge in [0.05, 0.1) is 19.8 Å². The number of carboxylic acids is 1. The van der Waals surface area contributed by atoms with Crippen molar-refractivity contribution in [1.29, 1.82) is 0 Å². The van der Waals surface area contributed by atoms with E-state index < -0.39 is 18.1 Å². The molecule has 0 aromatic rings. The Bertz CT molecular complexity index is 275. The minimum absolute atomic E-state index is 0.0716. The summed E-state index contributed by atoms with van der Waals surface area (Å²) < 4.78 is 14.8. The molecule has 2 amide bonds. The van der Waals surface area contributed by atoms with Crippen LogP contribution in [0.2, 0.25) is 0 Å². The molecular weight excluding hydrogens is 268 g/mol. The molecule has 0 bridgehead atoms. The van der Waals surface area contributed by atoms with E-state index in [1.165, 1.54) is 7.11 Å². The van der Waals surface area contributed by atoms with Crippen molar-refractivity contribution >= 4 is 12.0 Å². The van der Waals surface area contributed by atoms with Gasteiger partial charge in [0.2, 0.25) is 0 Å². The molecule has 8 heteroatoms. The molecule has 0 aliphatic heterocycles. The van der Waals surface area contributed by atoms with Gasteiger partial charge >= 0.3 is 12.0 Å². The molecule has 0 aliphatic rings. The second kappa shape index (κ2) is 12.6. The van der Waals surface area contributed by atoms with Crippen molar-refractivity contribution < 1.29 is 28.9 Å². The van der Waals surface area contributed by atoms with Crippen molar-refractivity contribution in [2.24, 2.45) is 0 Å². The van der Waals surface area contributed by atoms with Crippen molar-refractivity contribution in [3.05, 3.63) is 0 Å². The van der Waals surface area contributed by atoms with Gasteiger partial charge in [0, 0.05) is 27.4 Å². The number of hydrogen-bond donors (Lipinski definition) is 3. The standard InChI is InChI=1S/C12H24N2O6/c1-18-7-8-20-6-4-3-5-13-12(17)14-9-10(19-2)11(15)16/h10H,3-9H2,1-2H3,(H,15,16)(H2,13,14,17). The van der Waals surface area contributed by atoms with Crippen LogP contribution >= 0.6 is 0 Å². The smallest absolute Gasteiger partial charge is 0.334 e. The molecule has 1 unspecified atom stereocenters. The number of carbonyl (C=O) groups excluding carboxylic acids is 1. The van der Waals surface area contributed by atoms with E-state index in [2.05, 4.69) is 15.4 Å². The maximum atomic E-state index is 11.3. The van der Waals surface area contributed by atoms with Crippen molar-refractivity contribution in [2.75, 3.05) is 47.1 Å². The summed E-state index contributed by atoms with van der Waals surface area (Å²) in [6.07, 6.45) is 0.585. The Kier molecular flexibility index (Phi) is 11.8. The molecule has 0 heterocycles. The Labute approximate surface area is 118 Å². The number of hydrogen-bond acceptors (Lipinski definition) is 5. The van der Waals surface area contributed by atoms with E-state index in [0.29, 0.717) is 26.4 Å². The number of amides is 2. The predicted octanol–water partition coefficient (Wildman–Crippen LogP) is -0.172. The zero-order valence-electron chi connectivity index (χ0n) is 12.0. The molecule has 0 spiro atoms. The third-order valence-corrected chi connectivity index (χ3v) is 2.44. The summed E-state index contributed by atoms with van der Waals surface area (Å²) in [5, 5.41) is 13.8. The molecule has 0 radical (unpaired) electrons. The highest BCUT2D eigenvalue weighted by atomic mass is 16.5. The van der Waals surface area contributed by atoms with Crippen LogP contribution in [0.15, 0.2) is 0 Å².